The van der Waals surface area contributed by atoms with Gasteiger partial charge >= 0.3 is 5.97 Å². The van der Waals surface area contributed by atoms with Gasteiger partial charge in [0.15, 0.2) is 0 Å². The quantitative estimate of drug-likeness (QED) is 0.562. The molecule has 2 rings (SSSR count). The zero-order chi connectivity index (χ0) is 17.0. The summed E-state index contributed by atoms with van der Waals surface area (Å²) in [6.07, 6.45) is 2.70. The Hall–Kier alpha value is -1.89. The molecular formula is C16H21NO5S. The van der Waals surface area contributed by atoms with Crippen LogP contribution in [0.25, 0.3) is 0 Å². The largest absolute Gasteiger partial charge is 0.464 e. The van der Waals surface area contributed by atoms with Crippen molar-refractivity contribution in [2.45, 2.75) is 50.5 Å². The highest BCUT2D eigenvalue weighted by Gasteiger charge is 2.47. The molecule has 1 heterocycles. The number of nitrogens with zero attached hydrogens (tertiary/aromatic N) is 1. The van der Waals surface area contributed by atoms with E-state index in [9.17, 15) is 18.0 Å². The van der Waals surface area contributed by atoms with Crippen molar-refractivity contribution < 1.29 is 22.7 Å². The topological polar surface area (TPSA) is 80.8 Å². The minimum absolute atomic E-state index is 0.0465. The van der Waals surface area contributed by atoms with E-state index in [0.717, 1.165) is 12.8 Å². The number of carbonyl (C=O) groups excluding carboxylic acids is 2. The Morgan fingerprint density at radius 3 is 2.52 bits per heavy atom. The minimum atomic E-state index is -4.01. The van der Waals surface area contributed by atoms with E-state index >= 15 is 0 Å². The van der Waals surface area contributed by atoms with Crippen LogP contribution < -0.4 is 0 Å². The first-order valence-corrected chi connectivity index (χ1v) is 9.23. The van der Waals surface area contributed by atoms with Gasteiger partial charge in [0.05, 0.1) is 12.2 Å². The fourth-order valence-electron chi connectivity index (χ4n) is 2.67. The molecule has 6 nitrogen and oxygen atoms in total. The van der Waals surface area contributed by atoms with E-state index in [0.29, 0.717) is 10.7 Å². The molecule has 0 bridgehead atoms. The number of carbonyl (C=O) groups is 2. The van der Waals surface area contributed by atoms with Gasteiger partial charge in [-0.3, -0.25) is 4.79 Å². The van der Waals surface area contributed by atoms with E-state index in [1.54, 1.807) is 19.1 Å². The van der Waals surface area contributed by atoms with Crippen molar-refractivity contribution in [2.24, 2.45) is 0 Å². The van der Waals surface area contributed by atoms with Crippen LogP contribution in [0.5, 0.6) is 0 Å². The number of amides is 1. The van der Waals surface area contributed by atoms with Gasteiger partial charge in [-0.1, -0.05) is 38.3 Å². The molecule has 1 aliphatic heterocycles. The zero-order valence-electron chi connectivity index (χ0n) is 13.3. The summed E-state index contributed by atoms with van der Waals surface area (Å²) < 4.78 is 31.0. The summed E-state index contributed by atoms with van der Waals surface area (Å²) in [7, 11) is -4.01. The van der Waals surface area contributed by atoms with E-state index in [4.69, 9.17) is 4.74 Å². The van der Waals surface area contributed by atoms with Crippen LogP contribution in [-0.4, -0.2) is 37.2 Å². The lowest BCUT2D eigenvalue weighted by Gasteiger charge is -2.24. The van der Waals surface area contributed by atoms with Crippen molar-refractivity contribution in [3.63, 3.8) is 0 Å². The standard InChI is InChI=1S/C16H21NO5S/c1-3-5-6-10-13(16(19)22-4-2)17-15(18)12-9-7-8-11-14(12)23(17,20)21/h7-9,11,13H,3-6,10H2,1-2H3/t13-/m0/s1. The Bertz CT molecular complexity index is 698. The van der Waals surface area contributed by atoms with Crippen molar-refractivity contribution in [3.05, 3.63) is 29.8 Å². The van der Waals surface area contributed by atoms with Crippen LogP contribution in [0.15, 0.2) is 29.2 Å². The van der Waals surface area contributed by atoms with E-state index in [2.05, 4.69) is 0 Å². The zero-order valence-corrected chi connectivity index (χ0v) is 14.1. The number of unbranched alkanes of at least 4 members (excludes halogenated alkanes) is 2. The molecule has 126 valence electrons. The maximum atomic E-state index is 12.7. The highest BCUT2D eigenvalue weighted by molar-refractivity contribution is 7.90. The SMILES string of the molecule is CCCCC[C@@H](C(=O)OCC)N1C(=O)c2ccccc2S1(=O)=O. The summed E-state index contributed by atoms with van der Waals surface area (Å²) in [6, 6.07) is 4.90. The average molecular weight is 339 g/mol. The van der Waals surface area contributed by atoms with Crippen molar-refractivity contribution in [1.29, 1.82) is 0 Å². The maximum absolute atomic E-state index is 12.7. The average Bonchev–Trinajstić information content (AvgIpc) is 2.72. The molecule has 7 heteroatoms. The van der Waals surface area contributed by atoms with Crippen LogP contribution in [0, 0.1) is 0 Å². The number of rotatable bonds is 7. The highest BCUT2D eigenvalue weighted by atomic mass is 32.2. The van der Waals surface area contributed by atoms with Gasteiger partial charge in [-0.05, 0) is 25.5 Å². The molecule has 0 aromatic heterocycles. The van der Waals surface area contributed by atoms with Crippen LogP contribution in [-0.2, 0) is 19.6 Å². The Morgan fingerprint density at radius 2 is 1.91 bits per heavy atom. The molecule has 0 fully saturated rings. The molecule has 1 amide bonds. The van der Waals surface area contributed by atoms with Gasteiger partial charge in [-0.25, -0.2) is 17.5 Å². The summed E-state index contributed by atoms with van der Waals surface area (Å²) in [5, 5.41) is 0. The Morgan fingerprint density at radius 1 is 1.22 bits per heavy atom. The number of ether oxygens (including phenoxy) is 1. The van der Waals surface area contributed by atoms with E-state index in [-0.39, 0.29) is 23.5 Å². The van der Waals surface area contributed by atoms with Crippen LogP contribution in [0.2, 0.25) is 0 Å². The summed E-state index contributed by atoms with van der Waals surface area (Å²) >= 11 is 0. The third-order valence-corrected chi connectivity index (χ3v) is 5.63. The molecule has 0 saturated heterocycles. The lowest BCUT2D eigenvalue weighted by Crippen LogP contribution is -2.45. The molecule has 1 aromatic rings. The smallest absolute Gasteiger partial charge is 0.330 e. The summed E-state index contributed by atoms with van der Waals surface area (Å²) in [5.74, 6) is -1.33. The predicted molar refractivity (Wildman–Crippen MR) is 84.4 cm³/mol. The third kappa shape index (κ3) is 3.24. The van der Waals surface area contributed by atoms with E-state index in [1.807, 2.05) is 6.92 Å². The van der Waals surface area contributed by atoms with Gasteiger partial charge < -0.3 is 4.74 Å². The van der Waals surface area contributed by atoms with Crippen molar-refractivity contribution in [2.75, 3.05) is 6.61 Å². The number of hydrogen-bond acceptors (Lipinski definition) is 5. The number of benzene rings is 1. The van der Waals surface area contributed by atoms with Crippen molar-refractivity contribution in [1.82, 2.24) is 4.31 Å². The second-order valence-electron chi connectivity index (χ2n) is 5.37. The maximum Gasteiger partial charge on any atom is 0.330 e. The monoisotopic (exact) mass is 339 g/mol. The molecule has 0 saturated carbocycles. The van der Waals surface area contributed by atoms with Crippen LogP contribution in [0.3, 0.4) is 0 Å². The first kappa shape index (κ1) is 17.5. The third-order valence-electron chi connectivity index (χ3n) is 3.78. The van der Waals surface area contributed by atoms with Gasteiger partial charge in [0.25, 0.3) is 15.9 Å². The summed E-state index contributed by atoms with van der Waals surface area (Å²) in [4.78, 5) is 24.7. The van der Waals surface area contributed by atoms with Crippen LogP contribution in [0.1, 0.15) is 49.9 Å². The number of hydrogen-bond donors (Lipinski definition) is 0. The lowest BCUT2D eigenvalue weighted by molar-refractivity contribution is -0.147. The van der Waals surface area contributed by atoms with Gasteiger partial charge in [-0.2, -0.15) is 0 Å². The van der Waals surface area contributed by atoms with Gasteiger partial charge in [0.1, 0.15) is 10.9 Å². The first-order valence-electron chi connectivity index (χ1n) is 7.79. The Kier molecular flexibility index (Phi) is 5.41. The molecule has 0 unspecified atom stereocenters. The summed E-state index contributed by atoms with van der Waals surface area (Å²) in [5.41, 5.74) is 0.109. The van der Waals surface area contributed by atoms with E-state index < -0.39 is 27.9 Å². The lowest BCUT2D eigenvalue weighted by atomic mass is 10.1. The van der Waals surface area contributed by atoms with Gasteiger partial charge in [0, 0.05) is 0 Å². The fourth-order valence-corrected chi connectivity index (χ4v) is 4.41. The van der Waals surface area contributed by atoms with Gasteiger partial charge in [-0.15, -0.1) is 0 Å². The Balaban J connectivity index is 2.39. The van der Waals surface area contributed by atoms with Gasteiger partial charge in [0.2, 0.25) is 0 Å². The molecule has 0 aliphatic carbocycles. The molecule has 0 radical (unpaired) electrons. The molecule has 1 atom stereocenters. The number of esters is 1. The highest BCUT2D eigenvalue weighted by Crippen LogP contribution is 2.33. The second-order valence-corrected chi connectivity index (χ2v) is 7.15. The minimum Gasteiger partial charge on any atom is -0.464 e. The molecule has 1 aromatic carbocycles. The second kappa shape index (κ2) is 7.12. The normalized spacial score (nSPS) is 17.0. The van der Waals surface area contributed by atoms with Crippen molar-refractivity contribution in [3.8, 4) is 0 Å². The molecule has 1 aliphatic rings. The Labute approximate surface area is 136 Å². The van der Waals surface area contributed by atoms with Crippen LogP contribution in [0.4, 0.5) is 0 Å². The fraction of sp³-hybridized carbons (Fsp3) is 0.500. The predicted octanol–water partition coefficient (Wildman–Crippen LogP) is 2.34. The van der Waals surface area contributed by atoms with Crippen LogP contribution >= 0.6 is 0 Å². The molecule has 0 spiro atoms. The molecular weight excluding hydrogens is 318 g/mol. The summed E-state index contributed by atoms with van der Waals surface area (Å²) in [6.45, 7) is 3.79. The first-order chi connectivity index (χ1) is 10.9. The van der Waals surface area contributed by atoms with E-state index in [1.165, 1.54) is 12.1 Å². The number of sulfonamides is 1. The number of fused-ring (bicyclic) bond motifs is 1. The molecule has 23 heavy (non-hydrogen) atoms. The molecule has 0 N–H and O–H groups in total. The van der Waals surface area contributed by atoms with Crippen molar-refractivity contribution >= 4 is 21.9 Å².